The predicted molar refractivity (Wildman–Crippen MR) is 132 cm³/mol. The molecule has 172 valence electrons. The highest BCUT2D eigenvalue weighted by Gasteiger charge is 2.24. The summed E-state index contributed by atoms with van der Waals surface area (Å²) in [5, 5.41) is 3.64. The summed E-state index contributed by atoms with van der Waals surface area (Å²) < 4.78 is 1.99. The van der Waals surface area contributed by atoms with Crippen LogP contribution in [0.2, 0.25) is 5.02 Å². The van der Waals surface area contributed by atoms with Gasteiger partial charge in [0.1, 0.15) is 0 Å². The standard InChI is InChI=1S/C26H24ClN5O2/c1-17(33)30-24-14-19(26(34)31-12-9-21-18(15-31)5-4-7-22(21)27)13-23-25(24)32(16-29-23)11-8-20-6-2-3-10-28-20/h2-7,10,13-14,16H,8-9,11-12,15H2,1H3,(H,30,33). The number of pyridine rings is 1. The summed E-state index contributed by atoms with van der Waals surface area (Å²) >= 11 is 6.33. The van der Waals surface area contributed by atoms with E-state index in [-0.39, 0.29) is 11.8 Å². The highest BCUT2D eigenvalue weighted by Crippen LogP contribution is 2.29. The highest BCUT2D eigenvalue weighted by molar-refractivity contribution is 6.31. The summed E-state index contributed by atoms with van der Waals surface area (Å²) in [6, 6.07) is 15.2. The fourth-order valence-electron chi connectivity index (χ4n) is 4.49. The van der Waals surface area contributed by atoms with Crippen molar-refractivity contribution in [3.05, 3.63) is 88.5 Å². The van der Waals surface area contributed by atoms with Crippen molar-refractivity contribution in [3.63, 3.8) is 0 Å². The highest BCUT2D eigenvalue weighted by atomic mass is 35.5. The molecule has 1 aliphatic rings. The van der Waals surface area contributed by atoms with E-state index in [1.165, 1.54) is 6.92 Å². The zero-order valence-corrected chi connectivity index (χ0v) is 19.5. The van der Waals surface area contributed by atoms with Gasteiger partial charge in [0, 0.05) is 55.5 Å². The molecule has 0 saturated carbocycles. The lowest BCUT2D eigenvalue weighted by molar-refractivity contribution is -0.114. The van der Waals surface area contributed by atoms with Gasteiger partial charge in [-0.15, -0.1) is 0 Å². The summed E-state index contributed by atoms with van der Waals surface area (Å²) in [4.78, 5) is 36.1. The Hall–Kier alpha value is -3.71. The number of nitrogens with zero attached hydrogens (tertiary/aromatic N) is 4. The van der Waals surface area contributed by atoms with Crippen LogP contribution < -0.4 is 5.32 Å². The minimum absolute atomic E-state index is 0.0952. The maximum absolute atomic E-state index is 13.4. The molecular weight excluding hydrogens is 450 g/mol. The molecule has 1 aliphatic heterocycles. The van der Waals surface area contributed by atoms with Crippen LogP contribution in [0.15, 0.2) is 61.1 Å². The molecule has 4 aromatic rings. The zero-order chi connectivity index (χ0) is 23.7. The molecular formula is C26H24ClN5O2. The van der Waals surface area contributed by atoms with Crippen LogP contribution in [0.25, 0.3) is 11.0 Å². The Labute approximate surface area is 202 Å². The number of nitrogens with one attached hydrogen (secondary N) is 1. The molecule has 1 N–H and O–H groups in total. The van der Waals surface area contributed by atoms with E-state index in [0.29, 0.717) is 42.8 Å². The summed E-state index contributed by atoms with van der Waals surface area (Å²) in [5.74, 6) is -0.299. The molecule has 0 unspecified atom stereocenters. The number of carbonyl (C=O) groups is 2. The molecule has 8 heteroatoms. The molecule has 0 radical (unpaired) electrons. The number of aryl methyl sites for hydroxylation is 2. The molecule has 2 amide bonds. The number of benzene rings is 2. The van der Waals surface area contributed by atoms with E-state index in [1.807, 2.05) is 45.9 Å². The first-order valence-electron chi connectivity index (χ1n) is 11.2. The number of halogens is 1. The first-order valence-corrected chi connectivity index (χ1v) is 11.6. The summed E-state index contributed by atoms with van der Waals surface area (Å²) in [5.41, 5.74) is 5.67. The van der Waals surface area contributed by atoms with E-state index in [9.17, 15) is 9.59 Å². The van der Waals surface area contributed by atoms with Gasteiger partial charge in [-0.2, -0.15) is 0 Å². The predicted octanol–water partition coefficient (Wildman–Crippen LogP) is 4.48. The smallest absolute Gasteiger partial charge is 0.254 e. The molecule has 3 heterocycles. The number of imidazole rings is 1. The maximum atomic E-state index is 13.4. The van der Waals surface area contributed by atoms with Gasteiger partial charge >= 0.3 is 0 Å². The second-order valence-corrected chi connectivity index (χ2v) is 8.84. The average Bonchev–Trinajstić information content (AvgIpc) is 3.26. The second kappa shape index (κ2) is 9.27. The Bertz CT molecular complexity index is 1380. The number of aromatic nitrogens is 3. The zero-order valence-electron chi connectivity index (χ0n) is 18.8. The minimum Gasteiger partial charge on any atom is -0.334 e. The number of hydrogen-bond acceptors (Lipinski definition) is 4. The van der Waals surface area contributed by atoms with Gasteiger partial charge in [0.15, 0.2) is 0 Å². The third-order valence-electron chi connectivity index (χ3n) is 6.10. The Morgan fingerprint density at radius 3 is 2.79 bits per heavy atom. The second-order valence-electron chi connectivity index (χ2n) is 8.44. The minimum atomic E-state index is -0.204. The number of fused-ring (bicyclic) bond motifs is 2. The van der Waals surface area contributed by atoms with Crippen molar-refractivity contribution in [2.75, 3.05) is 11.9 Å². The Kier molecular flexibility index (Phi) is 6.02. The van der Waals surface area contributed by atoms with Crippen LogP contribution in [-0.4, -0.2) is 37.8 Å². The molecule has 0 aliphatic carbocycles. The SMILES string of the molecule is CC(=O)Nc1cc(C(=O)N2CCc3c(Cl)cccc3C2)cc2ncn(CCc3ccccn3)c12. The maximum Gasteiger partial charge on any atom is 0.254 e. The number of carbonyl (C=O) groups excluding carboxylic acids is 2. The van der Waals surface area contributed by atoms with Crippen molar-refractivity contribution in [1.29, 1.82) is 0 Å². The number of amides is 2. The van der Waals surface area contributed by atoms with Crippen molar-refractivity contribution in [1.82, 2.24) is 19.4 Å². The van der Waals surface area contributed by atoms with Gasteiger partial charge < -0.3 is 14.8 Å². The van der Waals surface area contributed by atoms with E-state index in [1.54, 1.807) is 24.7 Å². The Morgan fingerprint density at radius 2 is 2.00 bits per heavy atom. The first-order chi connectivity index (χ1) is 16.5. The van der Waals surface area contributed by atoms with E-state index < -0.39 is 0 Å². The van der Waals surface area contributed by atoms with Crippen LogP contribution in [0.4, 0.5) is 5.69 Å². The molecule has 0 saturated heterocycles. The average molecular weight is 474 g/mol. The van der Waals surface area contributed by atoms with Crippen molar-refractivity contribution in [2.45, 2.75) is 32.9 Å². The first kappa shape index (κ1) is 22.1. The normalized spacial score (nSPS) is 13.1. The van der Waals surface area contributed by atoms with Gasteiger partial charge in [-0.05, 0) is 47.9 Å². The fraction of sp³-hybridized carbons (Fsp3) is 0.231. The Balaban J connectivity index is 1.45. The van der Waals surface area contributed by atoms with Gasteiger partial charge in [0.05, 0.1) is 23.0 Å². The van der Waals surface area contributed by atoms with Crippen molar-refractivity contribution >= 4 is 40.1 Å². The summed E-state index contributed by atoms with van der Waals surface area (Å²) in [6.07, 6.45) is 4.95. The molecule has 0 bridgehead atoms. The number of hydrogen-bond donors (Lipinski definition) is 1. The molecule has 34 heavy (non-hydrogen) atoms. The summed E-state index contributed by atoms with van der Waals surface area (Å²) in [7, 11) is 0. The fourth-order valence-corrected chi connectivity index (χ4v) is 4.78. The lowest BCUT2D eigenvalue weighted by Gasteiger charge is -2.29. The van der Waals surface area contributed by atoms with Crippen LogP contribution >= 0.6 is 11.6 Å². The summed E-state index contributed by atoms with van der Waals surface area (Å²) in [6.45, 7) is 3.19. The number of rotatable bonds is 5. The molecule has 0 spiro atoms. The van der Waals surface area contributed by atoms with Gasteiger partial charge in [-0.1, -0.05) is 29.8 Å². The van der Waals surface area contributed by atoms with E-state index in [2.05, 4.69) is 15.3 Å². The monoisotopic (exact) mass is 473 g/mol. The molecule has 0 fully saturated rings. The Morgan fingerprint density at radius 1 is 1.12 bits per heavy atom. The van der Waals surface area contributed by atoms with Crippen molar-refractivity contribution in [3.8, 4) is 0 Å². The topological polar surface area (TPSA) is 80.1 Å². The van der Waals surface area contributed by atoms with Gasteiger partial charge in [0.2, 0.25) is 5.91 Å². The van der Waals surface area contributed by atoms with E-state index in [4.69, 9.17) is 11.6 Å². The largest absolute Gasteiger partial charge is 0.334 e. The van der Waals surface area contributed by atoms with E-state index >= 15 is 0 Å². The molecule has 2 aromatic heterocycles. The third kappa shape index (κ3) is 4.39. The van der Waals surface area contributed by atoms with E-state index in [0.717, 1.165) is 33.8 Å². The molecule has 5 rings (SSSR count). The van der Waals surface area contributed by atoms with Crippen LogP contribution in [0, 0.1) is 0 Å². The van der Waals surface area contributed by atoms with Crippen LogP contribution in [-0.2, 0) is 30.7 Å². The number of anilines is 1. The lowest BCUT2D eigenvalue weighted by Crippen LogP contribution is -2.36. The van der Waals surface area contributed by atoms with Crippen molar-refractivity contribution in [2.24, 2.45) is 0 Å². The van der Waals surface area contributed by atoms with Gasteiger partial charge in [-0.3, -0.25) is 14.6 Å². The van der Waals surface area contributed by atoms with Crippen molar-refractivity contribution < 1.29 is 9.59 Å². The van der Waals surface area contributed by atoms with Crippen LogP contribution in [0.3, 0.4) is 0 Å². The van der Waals surface area contributed by atoms with Crippen LogP contribution in [0.5, 0.6) is 0 Å². The van der Waals surface area contributed by atoms with Gasteiger partial charge in [-0.25, -0.2) is 4.98 Å². The van der Waals surface area contributed by atoms with Gasteiger partial charge in [0.25, 0.3) is 5.91 Å². The molecule has 2 aromatic carbocycles. The lowest BCUT2D eigenvalue weighted by atomic mass is 9.99. The molecule has 0 atom stereocenters. The third-order valence-corrected chi connectivity index (χ3v) is 6.46. The molecule has 7 nitrogen and oxygen atoms in total. The van der Waals surface area contributed by atoms with Crippen LogP contribution in [0.1, 0.15) is 34.1 Å². The quantitative estimate of drug-likeness (QED) is 0.463.